The van der Waals surface area contributed by atoms with Crippen LogP contribution in [0.3, 0.4) is 0 Å². The van der Waals surface area contributed by atoms with Crippen molar-refractivity contribution >= 4 is 45.3 Å². The van der Waals surface area contributed by atoms with Crippen molar-refractivity contribution in [2.75, 3.05) is 43.4 Å². The van der Waals surface area contributed by atoms with Gasteiger partial charge in [0.05, 0.1) is 17.6 Å². The van der Waals surface area contributed by atoms with E-state index in [1.54, 1.807) is 36.9 Å². The smallest absolute Gasteiger partial charge is 0.227 e. The van der Waals surface area contributed by atoms with Crippen molar-refractivity contribution in [3.63, 3.8) is 0 Å². The standard InChI is InChI=1S/C24H25N9O2S/c1-16(31-36(34)35)17-5-7-25-20(13-17)23-22-18(6-8-26-23)14-28-24(30-22)29-19-3-4-21(27-15-19)33-11-9-32(2)10-12-33/h3-8,13-15,31H,1,9-12H2,2H3,(H,34,35)(H,28,29,30)/p-1. The van der Waals surface area contributed by atoms with Gasteiger partial charge in [0.25, 0.3) is 0 Å². The molecule has 1 unspecified atom stereocenters. The molecule has 1 aliphatic heterocycles. The molecule has 0 spiro atoms. The fraction of sp³-hybridized carbons (Fsp3) is 0.208. The number of hydrogen-bond donors (Lipinski definition) is 2. The molecule has 5 heterocycles. The molecular weight excluding hydrogens is 478 g/mol. The summed E-state index contributed by atoms with van der Waals surface area (Å²) < 4.78 is 24.2. The maximum absolute atomic E-state index is 11.0. The Kier molecular flexibility index (Phi) is 6.80. The van der Waals surface area contributed by atoms with E-state index >= 15 is 0 Å². The summed E-state index contributed by atoms with van der Waals surface area (Å²) in [6.45, 7) is 7.70. The average molecular weight is 503 g/mol. The molecular formula is C24H24N9O2S-. The third-order valence-corrected chi connectivity index (χ3v) is 6.30. The zero-order valence-corrected chi connectivity index (χ0v) is 20.4. The number of pyridine rings is 3. The molecule has 4 aromatic rings. The normalized spacial score (nSPS) is 15.0. The van der Waals surface area contributed by atoms with E-state index in [4.69, 9.17) is 0 Å². The van der Waals surface area contributed by atoms with Crippen LogP contribution >= 0.6 is 0 Å². The second kappa shape index (κ2) is 10.3. The van der Waals surface area contributed by atoms with E-state index in [-0.39, 0.29) is 5.70 Å². The minimum Gasteiger partial charge on any atom is -0.755 e. The van der Waals surface area contributed by atoms with Crippen LogP contribution < -0.4 is 14.9 Å². The minimum atomic E-state index is -2.47. The zero-order valence-electron chi connectivity index (χ0n) is 19.6. The molecule has 2 N–H and O–H groups in total. The first-order valence-corrected chi connectivity index (χ1v) is 12.3. The van der Waals surface area contributed by atoms with Gasteiger partial charge in [-0.25, -0.2) is 15.0 Å². The van der Waals surface area contributed by atoms with Gasteiger partial charge < -0.3 is 24.4 Å². The summed E-state index contributed by atoms with van der Waals surface area (Å²) in [5, 5.41) is 4.00. The number of likely N-dealkylation sites (N-methyl/N-ethyl adjacent to an activating group) is 1. The van der Waals surface area contributed by atoms with Crippen molar-refractivity contribution in [1.82, 2.24) is 34.5 Å². The van der Waals surface area contributed by atoms with Gasteiger partial charge in [0.15, 0.2) is 0 Å². The molecule has 0 aliphatic carbocycles. The Hall–Kier alpha value is -4.00. The van der Waals surface area contributed by atoms with Crippen molar-refractivity contribution < 1.29 is 8.76 Å². The van der Waals surface area contributed by atoms with Crippen LogP contribution in [0, 0.1) is 0 Å². The average Bonchev–Trinajstić information content (AvgIpc) is 2.89. The summed E-state index contributed by atoms with van der Waals surface area (Å²) in [6, 6.07) is 9.15. The van der Waals surface area contributed by atoms with E-state index in [2.05, 4.69) is 58.4 Å². The summed E-state index contributed by atoms with van der Waals surface area (Å²) in [4.78, 5) is 27.2. The molecule has 184 valence electrons. The Balaban J connectivity index is 1.40. The highest BCUT2D eigenvalue weighted by Crippen LogP contribution is 2.26. The lowest BCUT2D eigenvalue weighted by Gasteiger charge is -2.33. The molecule has 0 saturated carbocycles. The lowest BCUT2D eigenvalue weighted by Crippen LogP contribution is -2.44. The van der Waals surface area contributed by atoms with Gasteiger partial charge in [0.2, 0.25) is 5.95 Å². The van der Waals surface area contributed by atoms with Crippen LogP contribution in [-0.4, -0.2) is 71.8 Å². The van der Waals surface area contributed by atoms with Crippen LogP contribution in [0.5, 0.6) is 0 Å². The van der Waals surface area contributed by atoms with Crippen LogP contribution in [0.25, 0.3) is 28.0 Å². The van der Waals surface area contributed by atoms with E-state index in [0.29, 0.717) is 28.4 Å². The van der Waals surface area contributed by atoms with Gasteiger partial charge in [-0.2, -0.15) is 0 Å². The van der Waals surface area contributed by atoms with Crippen molar-refractivity contribution in [2.24, 2.45) is 0 Å². The summed E-state index contributed by atoms with van der Waals surface area (Å²) in [5.41, 5.74) is 3.25. The molecule has 36 heavy (non-hydrogen) atoms. The Labute approximate surface area is 210 Å². The number of rotatable bonds is 7. The molecule has 0 aromatic carbocycles. The maximum Gasteiger partial charge on any atom is 0.227 e. The fourth-order valence-corrected chi connectivity index (χ4v) is 4.24. The first-order valence-electron chi connectivity index (χ1n) is 11.3. The fourth-order valence-electron chi connectivity index (χ4n) is 3.92. The van der Waals surface area contributed by atoms with Gasteiger partial charge in [-0.15, -0.1) is 0 Å². The Morgan fingerprint density at radius 3 is 2.58 bits per heavy atom. The van der Waals surface area contributed by atoms with Crippen molar-refractivity contribution in [1.29, 1.82) is 0 Å². The van der Waals surface area contributed by atoms with Crippen LogP contribution in [0.4, 0.5) is 17.5 Å². The predicted molar refractivity (Wildman–Crippen MR) is 139 cm³/mol. The van der Waals surface area contributed by atoms with Crippen LogP contribution in [-0.2, 0) is 11.3 Å². The lowest BCUT2D eigenvalue weighted by molar-refractivity contribution is 0.312. The molecule has 1 aliphatic rings. The van der Waals surface area contributed by atoms with Gasteiger partial charge >= 0.3 is 0 Å². The van der Waals surface area contributed by atoms with Gasteiger partial charge in [0.1, 0.15) is 17.0 Å². The highest BCUT2D eigenvalue weighted by Gasteiger charge is 2.15. The molecule has 0 radical (unpaired) electrons. The summed E-state index contributed by atoms with van der Waals surface area (Å²) in [7, 11) is 2.13. The molecule has 5 rings (SSSR count). The van der Waals surface area contributed by atoms with Crippen molar-refractivity contribution in [2.45, 2.75) is 0 Å². The first-order chi connectivity index (χ1) is 17.5. The molecule has 0 amide bonds. The number of piperazine rings is 1. The van der Waals surface area contributed by atoms with Gasteiger partial charge in [0, 0.05) is 72.7 Å². The Morgan fingerprint density at radius 1 is 1.03 bits per heavy atom. The van der Waals surface area contributed by atoms with Crippen LogP contribution in [0.15, 0.2) is 61.7 Å². The van der Waals surface area contributed by atoms with Gasteiger partial charge in [-0.05, 0) is 37.4 Å². The van der Waals surface area contributed by atoms with Crippen molar-refractivity contribution in [3.8, 4) is 11.4 Å². The molecule has 12 heteroatoms. The summed E-state index contributed by atoms with van der Waals surface area (Å²) in [5.74, 6) is 1.34. The number of anilines is 3. The molecule has 11 nitrogen and oxygen atoms in total. The van der Waals surface area contributed by atoms with Gasteiger partial charge in [-0.3, -0.25) is 14.2 Å². The molecule has 0 bridgehead atoms. The molecule has 1 atom stereocenters. The highest BCUT2D eigenvalue weighted by molar-refractivity contribution is 7.77. The van der Waals surface area contributed by atoms with Crippen LogP contribution in [0.1, 0.15) is 5.56 Å². The van der Waals surface area contributed by atoms with E-state index < -0.39 is 11.3 Å². The predicted octanol–water partition coefficient (Wildman–Crippen LogP) is 2.33. The lowest BCUT2D eigenvalue weighted by atomic mass is 10.1. The van der Waals surface area contributed by atoms with Gasteiger partial charge in [-0.1, -0.05) is 6.58 Å². The van der Waals surface area contributed by atoms with Crippen molar-refractivity contribution in [3.05, 3.63) is 67.3 Å². The maximum atomic E-state index is 11.0. The van der Waals surface area contributed by atoms with E-state index in [0.717, 1.165) is 43.1 Å². The number of hydrogen-bond acceptors (Lipinski definition) is 10. The topological polar surface area (TPSA) is 135 Å². The summed E-state index contributed by atoms with van der Waals surface area (Å²) in [6.07, 6.45) is 6.71. The third-order valence-electron chi connectivity index (χ3n) is 5.89. The third kappa shape index (κ3) is 5.30. The monoisotopic (exact) mass is 502 g/mol. The highest BCUT2D eigenvalue weighted by atomic mass is 32.2. The van der Waals surface area contributed by atoms with E-state index in [1.807, 2.05) is 18.2 Å². The molecule has 4 aromatic heterocycles. The Morgan fingerprint density at radius 2 is 1.83 bits per heavy atom. The largest absolute Gasteiger partial charge is 0.755 e. The number of nitrogens with zero attached hydrogens (tertiary/aromatic N) is 7. The Bertz CT molecular complexity index is 1420. The molecule has 1 saturated heterocycles. The number of fused-ring (bicyclic) bond motifs is 1. The zero-order chi connectivity index (χ0) is 25.1. The second-order valence-electron chi connectivity index (χ2n) is 8.36. The second-order valence-corrected chi connectivity index (χ2v) is 9.03. The minimum absolute atomic E-state index is 0.233. The quantitative estimate of drug-likeness (QED) is 0.363. The van der Waals surface area contributed by atoms with E-state index in [1.165, 1.54) is 0 Å². The number of aromatic nitrogens is 5. The van der Waals surface area contributed by atoms with Crippen LogP contribution in [0.2, 0.25) is 0 Å². The first kappa shape index (κ1) is 23.7. The SMILES string of the molecule is C=C(NS(=O)[O-])c1ccnc(-c2nccc3cnc(Nc4ccc(N5CCN(C)CC5)nc4)nc23)c1. The number of nitrogens with one attached hydrogen (secondary N) is 2. The molecule has 1 fully saturated rings. The summed E-state index contributed by atoms with van der Waals surface area (Å²) >= 11 is -2.47. The van der Waals surface area contributed by atoms with E-state index in [9.17, 15) is 8.76 Å².